The van der Waals surface area contributed by atoms with Crippen molar-refractivity contribution in [3.63, 3.8) is 0 Å². The summed E-state index contributed by atoms with van der Waals surface area (Å²) in [5.74, 6) is 0. The second kappa shape index (κ2) is 5.70. The van der Waals surface area contributed by atoms with Crippen molar-refractivity contribution < 1.29 is 0 Å². The lowest BCUT2D eigenvalue weighted by atomic mass is 9.94. The molecule has 1 aromatic carbocycles. The maximum absolute atomic E-state index is 4.03. The fraction of sp³-hybridized carbons (Fsp3) is 0.600. The monoisotopic (exact) mass is 312 g/mol. The van der Waals surface area contributed by atoms with E-state index in [1.807, 2.05) is 0 Å². The van der Waals surface area contributed by atoms with Crippen molar-refractivity contribution in [3.05, 3.63) is 35.9 Å². The summed E-state index contributed by atoms with van der Waals surface area (Å²) in [7, 11) is -0.925. The van der Waals surface area contributed by atoms with Crippen LogP contribution in [0, 0.1) is 5.41 Å². The van der Waals surface area contributed by atoms with Crippen molar-refractivity contribution in [3.8, 4) is 0 Å². The van der Waals surface area contributed by atoms with Gasteiger partial charge in [0.15, 0.2) is 0 Å². The highest BCUT2D eigenvalue weighted by Crippen LogP contribution is 2.34. The van der Waals surface area contributed by atoms with E-state index < -0.39 is 7.42 Å². The molecule has 0 saturated heterocycles. The molecule has 1 rings (SSSR count). The molecule has 0 nitrogen and oxygen atoms in total. The fourth-order valence-electron chi connectivity index (χ4n) is 1.97. The quantitative estimate of drug-likeness (QED) is 0.538. The van der Waals surface area contributed by atoms with Gasteiger partial charge in [-0.05, 0) is 22.1 Å². The summed E-state index contributed by atoms with van der Waals surface area (Å²) in [5, 5.41) is 0.326. The van der Waals surface area contributed by atoms with E-state index in [0.717, 1.165) is 0 Å². The average Bonchev–Trinajstić information content (AvgIpc) is 2.26. The Kier molecular flexibility index (Phi) is 5.03. The molecule has 0 amide bonds. The van der Waals surface area contributed by atoms with Crippen molar-refractivity contribution in [1.29, 1.82) is 0 Å². The number of rotatable bonds is 4. The minimum atomic E-state index is -0.925. The third-order valence-corrected chi connectivity index (χ3v) is 11.0. The van der Waals surface area contributed by atoms with Crippen LogP contribution < -0.4 is 0 Å². The second-order valence-electron chi connectivity index (χ2n) is 6.65. The summed E-state index contributed by atoms with van der Waals surface area (Å²) in [6, 6.07) is 12.3. The SMILES string of the molecule is CC(C)(C)CC[SiH](Br)C(C)(C)c1ccccc1. The van der Waals surface area contributed by atoms with Crippen LogP contribution in [0.4, 0.5) is 0 Å². The van der Waals surface area contributed by atoms with Crippen LogP contribution in [0.1, 0.15) is 46.6 Å². The lowest BCUT2D eigenvalue weighted by molar-refractivity contribution is 0.395. The van der Waals surface area contributed by atoms with E-state index in [0.29, 0.717) is 10.5 Å². The summed E-state index contributed by atoms with van der Waals surface area (Å²) < 4.78 is 0. The van der Waals surface area contributed by atoms with Crippen LogP contribution in [0.5, 0.6) is 0 Å². The molecule has 1 atom stereocenters. The van der Waals surface area contributed by atoms with Crippen molar-refractivity contribution in [2.45, 2.75) is 52.1 Å². The van der Waals surface area contributed by atoms with Gasteiger partial charge in [0.2, 0.25) is 0 Å². The lowest BCUT2D eigenvalue weighted by Gasteiger charge is -2.31. The molecule has 96 valence electrons. The molecule has 0 bridgehead atoms. The second-order valence-corrected chi connectivity index (χ2v) is 12.9. The summed E-state index contributed by atoms with van der Waals surface area (Å²) in [4.78, 5) is 0. The van der Waals surface area contributed by atoms with Gasteiger partial charge >= 0.3 is 0 Å². The first-order chi connectivity index (χ1) is 7.73. The van der Waals surface area contributed by atoms with E-state index in [-0.39, 0.29) is 0 Å². The van der Waals surface area contributed by atoms with Crippen LogP contribution in [0.2, 0.25) is 6.04 Å². The van der Waals surface area contributed by atoms with Gasteiger partial charge in [0.1, 0.15) is 7.42 Å². The number of hydrogen-bond donors (Lipinski definition) is 0. The average molecular weight is 313 g/mol. The fourth-order valence-corrected chi connectivity index (χ4v) is 5.84. The summed E-state index contributed by atoms with van der Waals surface area (Å²) in [5.41, 5.74) is 1.92. The zero-order chi connectivity index (χ0) is 13.1. The highest BCUT2D eigenvalue weighted by atomic mass is 79.9. The Hall–Kier alpha value is -0.0831. The molecule has 17 heavy (non-hydrogen) atoms. The first-order valence-corrected chi connectivity index (χ1v) is 11.0. The Morgan fingerprint density at radius 2 is 1.53 bits per heavy atom. The van der Waals surface area contributed by atoms with Crippen LogP contribution in [0.3, 0.4) is 0 Å². The van der Waals surface area contributed by atoms with Gasteiger partial charge in [-0.15, -0.1) is 15.3 Å². The van der Waals surface area contributed by atoms with Gasteiger partial charge in [-0.25, -0.2) is 0 Å². The van der Waals surface area contributed by atoms with Gasteiger partial charge in [0.25, 0.3) is 0 Å². The zero-order valence-corrected chi connectivity index (χ0v) is 14.5. The smallest absolute Gasteiger partial charge is 0.124 e. The molecule has 0 saturated carbocycles. The van der Waals surface area contributed by atoms with Crippen LogP contribution >= 0.6 is 15.3 Å². The van der Waals surface area contributed by atoms with Crippen LogP contribution in [-0.4, -0.2) is 7.42 Å². The van der Waals surface area contributed by atoms with E-state index in [2.05, 4.69) is 80.2 Å². The Morgan fingerprint density at radius 1 is 1.00 bits per heavy atom. The molecule has 1 unspecified atom stereocenters. The van der Waals surface area contributed by atoms with E-state index in [9.17, 15) is 0 Å². The van der Waals surface area contributed by atoms with Crippen molar-refractivity contribution in [2.24, 2.45) is 5.41 Å². The molecule has 0 aromatic heterocycles. The highest BCUT2D eigenvalue weighted by molar-refractivity contribution is 9.24. The first-order valence-electron chi connectivity index (χ1n) is 6.43. The standard InChI is InChI=1S/C15H25BrSi/c1-14(2,3)11-12-17(16)15(4,5)13-9-7-6-8-10-13/h6-10,17H,11-12H2,1-5H3. The van der Waals surface area contributed by atoms with E-state index >= 15 is 0 Å². The van der Waals surface area contributed by atoms with Gasteiger partial charge in [0, 0.05) is 0 Å². The summed E-state index contributed by atoms with van der Waals surface area (Å²) >= 11 is 4.03. The first kappa shape index (κ1) is 15.0. The topological polar surface area (TPSA) is 0 Å². The van der Waals surface area contributed by atoms with Crippen LogP contribution in [0.15, 0.2) is 30.3 Å². The third kappa shape index (κ3) is 4.59. The minimum Gasteiger partial charge on any atom is -0.130 e. The Bertz CT molecular complexity index is 338. The molecule has 0 spiro atoms. The number of halogens is 1. The molecule has 0 N–H and O–H groups in total. The van der Waals surface area contributed by atoms with Crippen LogP contribution in [0.25, 0.3) is 0 Å². The molecule has 0 aliphatic carbocycles. The Morgan fingerprint density at radius 3 is 2.00 bits per heavy atom. The third-order valence-electron chi connectivity index (χ3n) is 3.45. The van der Waals surface area contributed by atoms with Gasteiger partial charge in [-0.2, -0.15) is 0 Å². The van der Waals surface area contributed by atoms with Crippen molar-refractivity contribution >= 4 is 22.7 Å². The minimum absolute atomic E-state index is 0.326. The lowest BCUT2D eigenvalue weighted by Crippen LogP contribution is -2.33. The maximum Gasteiger partial charge on any atom is 0.124 e. The summed E-state index contributed by atoms with van der Waals surface area (Å²) in [6.07, 6.45) is 1.31. The van der Waals surface area contributed by atoms with Crippen molar-refractivity contribution in [1.82, 2.24) is 0 Å². The predicted molar refractivity (Wildman–Crippen MR) is 84.4 cm³/mol. The van der Waals surface area contributed by atoms with E-state index in [4.69, 9.17) is 0 Å². The number of benzene rings is 1. The van der Waals surface area contributed by atoms with Gasteiger partial charge in [0.05, 0.1) is 0 Å². The molecular formula is C15H25BrSi. The molecule has 0 aliphatic heterocycles. The van der Waals surface area contributed by atoms with Crippen LogP contribution in [-0.2, 0) is 5.04 Å². The zero-order valence-electron chi connectivity index (χ0n) is 11.8. The molecule has 2 heteroatoms. The normalized spacial score (nSPS) is 14.7. The van der Waals surface area contributed by atoms with Gasteiger partial charge < -0.3 is 0 Å². The predicted octanol–water partition coefficient (Wildman–Crippen LogP) is 5.06. The van der Waals surface area contributed by atoms with Crippen molar-refractivity contribution in [2.75, 3.05) is 0 Å². The number of hydrogen-bond acceptors (Lipinski definition) is 0. The molecule has 0 heterocycles. The Labute approximate surface area is 116 Å². The molecule has 0 fully saturated rings. The summed E-state index contributed by atoms with van der Waals surface area (Å²) in [6.45, 7) is 11.8. The molecule has 0 aliphatic rings. The Balaban J connectivity index is 2.71. The maximum atomic E-state index is 4.03. The molecular weight excluding hydrogens is 288 g/mol. The van der Waals surface area contributed by atoms with Gasteiger partial charge in [-0.3, -0.25) is 0 Å². The van der Waals surface area contributed by atoms with Gasteiger partial charge in [-0.1, -0.05) is 71.4 Å². The molecule has 0 radical (unpaired) electrons. The van der Waals surface area contributed by atoms with E-state index in [1.54, 1.807) is 0 Å². The largest absolute Gasteiger partial charge is 0.130 e. The molecule has 1 aromatic rings. The van der Waals surface area contributed by atoms with E-state index in [1.165, 1.54) is 18.0 Å². The highest BCUT2D eigenvalue weighted by Gasteiger charge is 2.31.